The molecule has 0 saturated carbocycles. The van der Waals surface area contributed by atoms with E-state index in [0.717, 1.165) is 0 Å². The summed E-state index contributed by atoms with van der Waals surface area (Å²) in [6.07, 6.45) is 0. The second-order valence-electron chi connectivity index (χ2n) is 8.43. The van der Waals surface area contributed by atoms with Gasteiger partial charge < -0.3 is 9.47 Å². The fourth-order valence-corrected chi connectivity index (χ4v) is 5.93. The number of esters is 2. The number of carbonyl (C=O) groups is 3. The summed E-state index contributed by atoms with van der Waals surface area (Å²) in [7, 11) is 0. The zero-order valence-corrected chi connectivity index (χ0v) is 19.9. The molecule has 34 heavy (non-hydrogen) atoms. The third-order valence-electron chi connectivity index (χ3n) is 6.23. The quantitative estimate of drug-likeness (QED) is 0.334. The van der Waals surface area contributed by atoms with Crippen LogP contribution in [0.25, 0.3) is 0 Å². The summed E-state index contributed by atoms with van der Waals surface area (Å²) in [5, 5.41) is -0.567. The Morgan fingerprint density at radius 1 is 0.765 bits per heavy atom. The number of benzene rings is 3. The van der Waals surface area contributed by atoms with Crippen LogP contribution in [0.15, 0.2) is 91.0 Å². The average molecular weight is 475 g/mol. The lowest BCUT2D eigenvalue weighted by atomic mass is 9.79. The van der Waals surface area contributed by atoms with E-state index in [1.165, 1.54) is 11.8 Å². The van der Waals surface area contributed by atoms with E-state index in [1.54, 1.807) is 79.7 Å². The Morgan fingerprint density at radius 3 is 1.76 bits per heavy atom. The van der Waals surface area contributed by atoms with Crippen molar-refractivity contribution >= 4 is 29.5 Å². The Morgan fingerprint density at radius 2 is 1.24 bits per heavy atom. The molecule has 0 N–H and O–H groups in total. The first-order valence-electron chi connectivity index (χ1n) is 11.2. The van der Waals surface area contributed by atoms with E-state index in [9.17, 15) is 14.4 Å². The molecule has 3 aromatic carbocycles. The molecule has 0 aliphatic carbocycles. The van der Waals surface area contributed by atoms with Crippen molar-refractivity contribution in [2.24, 2.45) is 5.92 Å². The maximum Gasteiger partial charge on any atom is 0.338 e. The number of ketones is 1. The van der Waals surface area contributed by atoms with Gasteiger partial charge in [-0.15, -0.1) is 11.8 Å². The van der Waals surface area contributed by atoms with Crippen LogP contribution in [0.1, 0.15) is 44.9 Å². The predicted octanol–water partition coefficient (Wildman–Crippen LogP) is 5.46. The minimum absolute atomic E-state index is 0.0322. The minimum atomic E-state index is -1.09. The average Bonchev–Trinajstić information content (AvgIpc) is 3.12. The van der Waals surface area contributed by atoms with Crippen LogP contribution in [0.5, 0.6) is 0 Å². The molecule has 6 heteroatoms. The first-order chi connectivity index (χ1) is 16.4. The van der Waals surface area contributed by atoms with Crippen molar-refractivity contribution in [1.29, 1.82) is 0 Å². The first-order valence-corrected chi connectivity index (χ1v) is 12.1. The van der Waals surface area contributed by atoms with Gasteiger partial charge in [0.1, 0.15) is 12.2 Å². The van der Waals surface area contributed by atoms with Gasteiger partial charge >= 0.3 is 11.9 Å². The van der Waals surface area contributed by atoms with Gasteiger partial charge in [0.05, 0.1) is 22.3 Å². The molecule has 1 heterocycles. The van der Waals surface area contributed by atoms with Crippen molar-refractivity contribution < 1.29 is 23.9 Å². The van der Waals surface area contributed by atoms with Gasteiger partial charge in [-0.1, -0.05) is 66.7 Å². The van der Waals surface area contributed by atoms with Gasteiger partial charge in [0.2, 0.25) is 0 Å². The van der Waals surface area contributed by atoms with E-state index >= 15 is 0 Å². The molecule has 4 atom stereocenters. The number of Topliss-reactive ketones (excluding diaryl/α,β-unsaturated/α-hetero) is 1. The molecular weight excluding hydrogens is 448 g/mol. The molecule has 4 unspecified atom stereocenters. The fourth-order valence-electron chi connectivity index (χ4n) is 4.24. The minimum Gasteiger partial charge on any atom is -0.461 e. The van der Waals surface area contributed by atoms with Crippen molar-refractivity contribution in [2.45, 2.75) is 29.9 Å². The Labute approximate surface area is 203 Å². The highest BCUT2D eigenvalue weighted by Gasteiger charge is 2.57. The van der Waals surface area contributed by atoms with Crippen LogP contribution < -0.4 is 0 Å². The smallest absolute Gasteiger partial charge is 0.338 e. The van der Waals surface area contributed by atoms with Crippen LogP contribution in [0.4, 0.5) is 0 Å². The van der Waals surface area contributed by atoms with Crippen LogP contribution in [0, 0.1) is 5.92 Å². The van der Waals surface area contributed by atoms with Crippen molar-refractivity contribution in [1.82, 2.24) is 0 Å². The summed E-state index contributed by atoms with van der Waals surface area (Å²) in [4.78, 5) is 39.2. The van der Waals surface area contributed by atoms with E-state index in [1.807, 2.05) is 25.1 Å². The number of thioether (sulfide) groups is 1. The maximum atomic E-state index is 13.7. The van der Waals surface area contributed by atoms with Crippen molar-refractivity contribution in [3.05, 3.63) is 108 Å². The molecule has 174 valence electrons. The molecule has 4 rings (SSSR count). The molecule has 0 amide bonds. The van der Waals surface area contributed by atoms with Gasteiger partial charge in [0.25, 0.3) is 0 Å². The molecule has 5 nitrogen and oxygen atoms in total. The zero-order valence-electron chi connectivity index (χ0n) is 19.0. The second kappa shape index (κ2) is 10.3. The van der Waals surface area contributed by atoms with Gasteiger partial charge in [0, 0.05) is 10.8 Å². The van der Waals surface area contributed by atoms with E-state index in [4.69, 9.17) is 9.47 Å². The van der Waals surface area contributed by atoms with Crippen LogP contribution >= 0.6 is 11.8 Å². The SMILES string of the molecule is CC1SC(COC(=O)c2ccccc2)C(C(=O)c2ccccc2)C1(C)OC(=O)c1ccccc1. The number of hydrogen-bond donors (Lipinski definition) is 0. The predicted molar refractivity (Wildman–Crippen MR) is 132 cm³/mol. The lowest BCUT2D eigenvalue weighted by Crippen LogP contribution is -2.48. The summed E-state index contributed by atoms with van der Waals surface area (Å²) in [6.45, 7) is 3.77. The third-order valence-corrected chi connectivity index (χ3v) is 7.86. The molecule has 1 aliphatic heterocycles. The van der Waals surface area contributed by atoms with Crippen molar-refractivity contribution in [3.8, 4) is 0 Å². The Kier molecular flexibility index (Phi) is 7.17. The monoisotopic (exact) mass is 474 g/mol. The highest BCUT2D eigenvalue weighted by atomic mass is 32.2. The number of rotatable bonds is 7. The number of ether oxygens (including phenoxy) is 2. The van der Waals surface area contributed by atoms with Crippen LogP contribution in [0.3, 0.4) is 0 Å². The number of carbonyl (C=O) groups excluding carboxylic acids is 3. The van der Waals surface area contributed by atoms with Gasteiger partial charge in [0.15, 0.2) is 5.78 Å². The van der Waals surface area contributed by atoms with E-state index < -0.39 is 23.5 Å². The zero-order chi connectivity index (χ0) is 24.1. The van der Waals surface area contributed by atoms with Crippen molar-refractivity contribution in [3.63, 3.8) is 0 Å². The van der Waals surface area contributed by atoms with E-state index in [-0.39, 0.29) is 22.9 Å². The third kappa shape index (κ3) is 4.92. The lowest BCUT2D eigenvalue weighted by Gasteiger charge is -2.34. The topological polar surface area (TPSA) is 69.7 Å². The van der Waals surface area contributed by atoms with E-state index in [0.29, 0.717) is 16.7 Å². The first kappa shape index (κ1) is 23.8. The fraction of sp³-hybridized carbons (Fsp3) is 0.250. The molecule has 1 fully saturated rings. The molecule has 1 aliphatic rings. The number of hydrogen-bond acceptors (Lipinski definition) is 6. The molecule has 1 saturated heterocycles. The molecule has 3 aromatic rings. The van der Waals surface area contributed by atoms with Gasteiger partial charge in [-0.05, 0) is 38.1 Å². The summed E-state index contributed by atoms with van der Waals surface area (Å²) in [6, 6.07) is 26.4. The molecule has 0 spiro atoms. The molecule has 0 bridgehead atoms. The Balaban J connectivity index is 1.61. The summed E-state index contributed by atoms with van der Waals surface area (Å²) in [5.41, 5.74) is 0.311. The highest BCUT2D eigenvalue weighted by Crippen LogP contribution is 2.49. The van der Waals surface area contributed by atoms with Gasteiger partial charge in [-0.2, -0.15) is 0 Å². The summed E-state index contributed by atoms with van der Waals surface area (Å²) >= 11 is 1.50. The lowest BCUT2D eigenvalue weighted by molar-refractivity contribution is -0.0308. The second-order valence-corrected chi connectivity index (χ2v) is 10.0. The van der Waals surface area contributed by atoms with Gasteiger partial charge in [-0.3, -0.25) is 4.79 Å². The molecule has 0 radical (unpaired) electrons. The van der Waals surface area contributed by atoms with Crippen LogP contribution in [0.2, 0.25) is 0 Å². The summed E-state index contributed by atoms with van der Waals surface area (Å²) < 4.78 is 11.7. The van der Waals surface area contributed by atoms with Crippen LogP contribution in [-0.2, 0) is 9.47 Å². The Hall–Kier alpha value is -3.38. The largest absolute Gasteiger partial charge is 0.461 e. The normalized spacial score (nSPS) is 23.8. The van der Waals surface area contributed by atoms with Crippen LogP contribution in [-0.4, -0.2) is 40.4 Å². The van der Waals surface area contributed by atoms with Gasteiger partial charge in [-0.25, -0.2) is 9.59 Å². The standard InChI is InChI=1S/C28H26O5S/c1-19-28(2,33-27(31)22-16-10-5-11-17-22)24(25(29)20-12-6-3-7-13-20)23(34-19)18-32-26(30)21-14-8-4-9-15-21/h3-17,19,23-24H,18H2,1-2H3. The van der Waals surface area contributed by atoms with Crippen molar-refractivity contribution in [2.75, 3.05) is 6.61 Å². The maximum absolute atomic E-state index is 13.7. The highest BCUT2D eigenvalue weighted by molar-refractivity contribution is 8.01. The van der Waals surface area contributed by atoms with E-state index in [2.05, 4.69) is 0 Å². The Bertz CT molecular complexity index is 1150. The molecular formula is C28H26O5S. The molecule has 0 aromatic heterocycles. The summed E-state index contributed by atoms with van der Waals surface area (Å²) in [5.74, 6) is -1.76.